The molecule has 1 unspecified atom stereocenters. The maximum absolute atomic E-state index is 12.6. The van der Waals surface area contributed by atoms with Crippen LogP contribution in [-0.4, -0.2) is 76.4 Å². The standard InChI is InChI=1S/C29H37N3O5/c1-28(2,3)19-36-27(35)31-14-11-29(12-15-31)10-8-21-16-20(5-7-25(21)37-29)22-4-6-24(30-17-22)26(34)32-13-9-23(33)18-32/h4-7,16-17,23,33H,8-15,18-19H2,1-3H3. The van der Waals surface area contributed by atoms with Gasteiger partial charge >= 0.3 is 6.09 Å². The number of fused-ring (bicyclic) bond motifs is 1. The van der Waals surface area contributed by atoms with Crippen molar-refractivity contribution in [3.05, 3.63) is 47.8 Å². The summed E-state index contributed by atoms with van der Waals surface area (Å²) < 4.78 is 12.0. The molecular formula is C29H37N3O5. The Labute approximate surface area is 218 Å². The van der Waals surface area contributed by atoms with Crippen LogP contribution in [0.2, 0.25) is 0 Å². The molecule has 2 aromatic rings. The van der Waals surface area contributed by atoms with Crippen LogP contribution < -0.4 is 4.74 Å². The van der Waals surface area contributed by atoms with Gasteiger partial charge in [0.2, 0.25) is 0 Å². The van der Waals surface area contributed by atoms with Crippen LogP contribution in [0.4, 0.5) is 4.79 Å². The van der Waals surface area contributed by atoms with Crippen molar-refractivity contribution in [2.24, 2.45) is 5.41 Å². The lowest BCUT2D eigenvalue weighted by Crippen LogP contribution is -2.51. The third-order valence-electron chi connectivity index (χ3n) is 7.56. The monoisotopic (exact) mass is 507 g/mol. The van der Waals surface area contributed by atoms with E-state index in [2.05, 4.69) is 31.8 Å². The number of aromatic nitrogens is 1. The molecule has 0 aliphatic carbocycles. The fourth-order valence-corrected chi connectivity index (χ4v) is 5.30. The van der Waals surface area contributed by atoms with Crippen molar-refractivity contribution < 1.29 is 24.2 Å². The van der Waals surface area contributed by atoms with Gasteiger partial charge in [-0.3, -0.25) is 9.78 Å². The topological polar surface area (TPSA) is 92.2 Å². The van der Waals surface area contributed by atoms with E-state index in [1.807, 2.05) is 18.2 Å². The van der Waals surface area contributed by atoms with Crippen LogP contribution in [0.25, 0.3) is 11.1 Å². The first kappa shape index (κ1) is 25.5. The SMILES string of the molecule is CC(C)(C)COC(=O)N1CCC2(CCc3cc(-c4ccc(C(=O)N5CCC(O)C5)nc4)ccc3O2)CC1. The number of β-amino-alcohol motifs (C(OH)–C–C–N with tert-alkyl or cyclic N) is 1. The molecule has 2 fully saturated rings. The second kappa shape index (κ2) is 9.97. The molecule has 2 amide bonds. The van der Waals surface area contributed by atoms with Crippen LogP contribution >= 0.6 is 0 Å². The quantitative estimate of drug-likeness (QED) is 0.666. The van der Waals surface area contributed by atoms with E-state index in [4.69, 9.17) is 9.47 Å². The normalized spacial score (nSPS) is 20.9. The number of likely N-dealkylation sites (tertiary alicyclic amines) is 2. The Hall–Kier alpha value is -3.13. The van der Waals surface area contributed by atoms with Gasteiger partial charge in [0.1, 0.15) is 17.0 Å². The predicted octanol–water partition coefficient (Wildman–Crippen LogP) is 4.30. The second-order valence-electron chi connectivity index (χ2n) is 11.8. The zero-order valence-corrected chi connectivity index (χ0v) is 22.0. The average Bonchev–Trinajstić information content (AvgIpc) is 3.33. The number of aliphatic hydroxyl groups is 1. The van der Waals surface area contributed by atoms with E-state index < -0.39 is 6.10 Å². The summed E-state index contributed by atoms with van der Waals surface area (Å²) in [6, 6.07) is 9.89. The van der Waals surface area contributed by atoms with Gasteiger partial charge in [0.15, 0.2) is 0 Å². The molecule has 3 aliphatic rings. The van der Waals surface area contributed by atoms with Gasteiger partial charge in [0, 0.05) is 50.8 Å². The third-order valence-corrected chi connectivity index (χ3v) is 7.56. The van der Waals surface area contributed by atoms with E-state index >= 15 is 0 Å². The van der Waals surface area contributed by atoms with Crippen LogP contribution in [-0.2, 0) is 11.2 Å². The summed E-state index contributed by atoms with van der Waals surface area (Å²) in [6.07, 6.45) is 5.11. The minimum atomic E-state index is -0.442. The second-order valence-corrected chi connectivity index (χ2v) is 11.8. The molecule has 1 atom stereocenters. The van der Waals surface area contributed by atoms with Crippen LogP contribution in [0.5, 0.6) is 5.75 Å². The number of carbonyl (C=O) groups is 2. The molecule has 0 bridgehead atoms. The molecular weight excluding hydrogens is 470 g/mol. The Morgan fingerprint density at radius 3 is 2.49 bits per heavy atom. The first-order chi connectivity index (χ1) is 17.6. The van der Waals surface area contributed by atoms with Gasteiger partial charge in [-0.25, -0.2) is 4.79 Å². The summed E-state index contributed by atoms with van der Waals surface area (Å²) in [5.41, 5.74) is 3.27. The number of aryl methyl sites for hydroxylation is 1. The number of nitrogens with zero attached hydrogens (tertiary/aromatic N) is 3. The summed E-state index contributed by atoms with van der Waals surface area (Å²) >= 11 is 0. The molecule has 8 heteroatoms. The van der Waals surface area contributed by atoms with Gasteiger partial charge in [0.25, 0.3) is 5.91 Å². The minimum absolute atomic E-state index is 0.0463. The van der Waals surface area contributed by atoms with E-state index in [0.717, 1.165) is 42.6 Å². The molecule has 0 radical (unpaired) electrons. The Kier molecular flexibility index (Phi) is 6.88. The lowest BCUT2D eigenvalue weighted by Gasteiger charge is -2.44. The lowest BCUT2D eigenvalue weighted by molar-refractivity contribution is -0.0171. The first-order valence-corrected chi connectivity index (χ1v) is 13.3. The first-order valence-electron chi connectivity index (χ1n) is 13.3. The molecule has 2 saturated heterocycles. The Balaban J connectivity index is 1.20. The summed E-state index contributed by atoms with van der Waals surface area (Å²) in [4.78, 5) is 32.9. The third kappa shape index (κ3) is 5.74. The number of carbonyl (C=O) groups excluding carboxylic acids is 2. The highest BCUT2D eigenvalue weighted by Crippen LogP contribution is 2.41. The predicted molar refractivity (Wildman–Crippen MR) is 139 cm³/mol. The zero-order valence-electron chi connectivity index (χ0n) is 22.0. The van der Waals surface area contributed by atoms with Crippen molar-refractivity contribution in [2.75, 3.05) is 32.8 Å². The average molecular weight is 508 g/mol. The maximum atomic E-state index is 12.6. The largest absolute Gasteiger partial charge is 0.487 e. The van der Waals surface area contributed by atoms with Gasteiger partial charge in [-0.15, -0.1) is 0 Å². The van der Waals surface area contributed by atoms with Gasteiger partial charge in [0.05, 0.1) is 12.7 Å². The molecule has 5 rings (SSSR count). The molecule has 4 heterocycles. The van der Waals surface area contributed by atoms with E-state index in [0.29, 0.717) is 44.9 Å². The van der Waals surface area contributed by atoms with Crippen molar-refractivity contribution >= 4 is 12.0 Å². The number of hydrogen-bond acceptors (Lipinski definition) is 6. The number of pyridine rings is 1. The molecule has 1 spiro atoms. The number of piperidine rings is 1. The van der Waals surface area contributed by atoms with E-state index in [-0.39, 0.29) is 23.0 Å². The molecule has 1 N–H and O–H groups in total. The summed E-state index contributed by atoms with van der Waals surface area (Å²) in [5.74, 6) is 0.770. The van der Waals surface area contributed by atoms with Gasteiger partial charge < -0.3 is 24.4 Å². The molecule has 0 saturated carbocycles. The van der Waals surface area contributed by atoms with E-state index in [1.54, 1.807) is 22.1 Å². The number of rotatable bonds is 3. The highest BCUT2D eigenvalue weighted by atomic mass is 16.6. The van der Waals surface area contributed by atoms with E-state index in [1.165, 1.54) is 5.56 Å². The Morgan fingerprint density at radius 1 is 1.08 bits per heavy atom. The van der Waals surface area contributed by atoms with E-state index in [9.17, 15) is 14.7 Å². The number of benzene rings is 1. The molecule has 3 aliphatic heterocycles. The van der Waals surface area contributed by atoms with Crippen molar-refractivity contribution in [2.45, 2.75) is 64.6 Å². The van der Waals surface area contributed by atoms with Crippen molar-refractivity contribution in [3.8, 4) is 16.9 Å². The van der Waals surface area contributed by atoms with Crippen LogP contribution in [0.1, 0.15) is 62.5 Å². The van der Waals surface area contributed by atoms with Gasteiger partial charge in [-0.2, -0.15) is 0 Å². The number of aliphatic hydroxyl groups excluding tert-OH is 1. The number of hydrogen-bond donors (Lipinski definition) is 1. The van der Waals surface area contributed by atoms with Crippen molar-refractivity contribution in [1.29, 1.82) is 0 Å². The Morgan fingerprint density at radius 2 is 1.84 bits per heavy atom. The van der Waals surface area contributed by atoms with Gasteiger partial charge in [-0.1, -0.05) is 32.9 Å². The van der Waals surface area contributed by atoms with Crippen LogP contribution in [0, 0.1) is 5.41 Å². The van der Waals surface area contributed by atoms with Crippen LogP contribution in [0.15, 0.2) is 36.5 Å². The molecule has 37 heavy (non-hydrogen) atoms. The smallest absolute Gasteiger partial charge is 0.409 e. The highest BCUT2D eigenvalue weighted by Gasteiger charge is 2.41. The summed E-state index contributed by atoms with van der Waals surface area (Å²) in [6.45, 7) is 8.80. The highest BCUT2D eigenvalue weighted by molar-refractivity contribution is 5.92. The molecule has 1 aromatic heterocycles. The van der Waals surface area contributed by atoms with Crippen LogP contribution in [0.3, 0.4) is 0 Å². The fraction of sp³-hybridized carbons (Fsp3) is 0.552. The summed E-state index contributed by atoms with van der Waals surface area (Å²) in [7, 11) is 0. The minimum Gasteiger partial charge on any atom is -0.487 e. The lowest BCUT2D eigenvalue weighted by atomic mass is 9.82. The molecule has 198 valence electrons. The number of ether oxygens (including phenoxy) is 2. The molecule has 8 nitrogen and oxygen atoms in total. The number of amides is 2. The zero-order chi connectivity index (χ0) is 26.2. The Bertz CT molecular complexity index is 1150. The maximum Gasteiger partial charge on any atom is 0.409 e. The summed E-state index contributed by atoms with van der Waals surface area (Å²) in [5, 5.41) is 9.70. The fourth-order valence-electron chi connectivity index (χ4n) is 5.30. The van der Waals surface area contributed by atoms with Gasteiger partial charge in [-0.05, 0) is 54.0 Å². The van der Waals surface area contributed by atoms with Crippen molar-refractivity contribution in [3.63, 3.8) is 0 Å². The molecule has 1 aromatic carbocycles. The van der Waals surface area contributed by atoms with Crippen molar-refractivity contribution in [1.82, 2.24) is 14.8 Å².